The molecule has 4 heteroatoms. The second kappa shape index (κ2) is 12.6. The van der Waals surface area contributed by atoms with E-state index >= 15 is 0 Å². The first-order valence-corrected chi connectivity index (χ1v) is 18.6. The fourth-order valence-electron chi connectivity index (χ4n) is 8.22. The molecule has 0 bridgehead atoms. The lowest BCUT2D eigenvalue weighted by Gasteiger charge is -2.16. The van der Waals surface area contributed by atoms with E-state index in [1.807, 2.05) is 18.2 Å². The van der Waals surface area contributed by atoms with Crippen molar-refractivity contribution in [2.45, 2.75) is 0 Å². The highest BCUT2D eigenvalue weighted by atomic mass is 15.0. The Labute approximate surface area is 317 Å². The summed E-state index contributed by atoms with van der Waals surface area (Å²) in [5.41, 5.74) is 8.57. The topological polar surface area (TPSA) is 43.6 Å². The van der Waals surface area contributed by atoms with Crippen LogP contribution in [0.2, 0.25) is 0 Å². The summed E-state index contributed by atoms with van der Waals surface area (Å²) in [5.74, 6) is 1.89. The van der Waals surface area contributed by atoms with Gasteiger partial charge in [0, 0.05) is 32.8 Å². The Morgan fingerprint density at radius 2 is 0.818 bits per heavy atom. The van der Waals surface area contributed by atoms with Gasteiger partial charge < -0.3 is 4.57 Å². The predicted octanol–water partition coefficient (Wildman–Crippen LogP) is 13.1. The Kier molecular flexibility index (Phi) is 7.14. The number of fused-ring (bicyclic) bond motifs is 6. The van der Waals surface area contributed by atoms with Crippen LogP contribution in [0.25, 0.3) is 105 Å². The molecule has 11 aromatic rings. The molecule has 0 saturated carbocycles. The van der Waals surface area contributed by atoms with Crippen molar-refractivity contribution in [3.8, 4) is 51.0 Å². The third kappa shape index (κ3) is 5.19. The molecule has 11 rings (SSSR count). The lowest BCUT2D eigenvalue weighted by atomic mass is 9.94. The first kappa shape index (κ1) is 31.1. The molecule has 0 amide bonds. The van der Waals surface area contributed by atoms with Crippen LogP contribution in [0.1, 0.15) is 0 Å². The van der Waals surface area contributed by atoms with E-state index in [9.17, 15) is 0 Å². The molecule has 0 saturated heterocycles. The summed E-state index contributed by atoms with van der Waals surface area (Å²) in [6.07, 6.45) is 0. The Hall–Kier alpha value is -7.43. The molecule has 0 aliphatic rings. The average molecular weight is 701 g/mol. The van der Waals surface area contributed by atoms with Crippen LogP contribution in [0.5, 0.6) is 0 Å². The number of nitrogens with zero attached hydrogens (tertiary/aromatic N) is 4. The summed E-state index contributed by atoms with van der Waals surface area (Å²) in [6, 6.07) is 68.7. The van der Waals surface area contributed by atoms with Gasteiger partial charge in [0.05, 0.1) is 16.7 Å². The van der Waals surface area contributed by atoms with E-state index in [4.69, 9.17) is 15.0 Å². The van der Waals surface area contributed by atoms with Crippen molar-refractivity contribution in [3.05, 3.63) is 194 Å². The molecule has 2 heterocycles. The van der Waals surface area contributed by atoms with Crippen LogP contribution in [-0.2, 0) is 0 Å². The van der Waals surface area contributed by atoms with E-state index in [1.165, 1.54) is 32.7 Å². The number of aromatic nitrogens is 4. The fraction of sp³-hybridized carbons (Fsp3) is 0. The van der Waals surface area contributed by atoms with Crippen LogP contribution in [0.15, 0.2) is 194 Å². The smallest absolute Gasteiger partial charge is 0.164 e. The maximum atomic E-state index is 5.32. The second-order valence-corrected chi connectivity index (χ2v) is 14.0. The molecule has 0 N–H and O–H groups in total. The number of hydrogen-bond acceptors (Lipinski definition) is 3. The van der Waals surface area contributed by atoms with Crippen molar-refractivity contribution in [1.29, 1.82) is 0 Å². The van der Waals surface area contributed by atoms with Crippen molar-refractivity contribution in [2.75, 3.05) is 0 Å². The SMILES string of the molecule is c1ccc(-c2nc(-c3cc(-n4c5ccccc5c5cc6ccccc6cc54)c4ccccc4c3)nc(-c3ccc(-c4ccccc4)c4ccccc34)n2)cc1. The van der Waals surface area contributed by atoms with E-state index in [2.05, 4.69) is 180 Å². The molecule has 0 atom stereocenters. The molecule has 256 valence electrons. The van der Waals surface area contributed by atoms with Gasteiger partial charge in [0.15, 0.2) is 17.5 Å². The number of hydrogen-bond donors (Lipinski definition) is 0. The van der Waals surface area contributed by atoms with Crippen molar-refractivity contribution in [3.63, 3.8) is 0 Å². The van der Waals surface area contributed by atoms with E-state index in [0.717, 1.165) is 55.0 Å². The Bertz CT molecular complexity index is 3260. The quantitative estimate of drug-likeness (QED) is 0.179. The Morgan fingerprint density at radius 1 is 0.291 bits per heavy atom. The molecular formula is C51H32N4. The fourth-order valence-corrected chi connectivity index (χ4v) is 8.22. The van der Waals surface area contributed by atoms with E-state index in [0.29, 0.717) is 17.5 Å². The lowest BCUT2D eigenvalue weighted by molar-refractivity contribution is 1.07. The van der Waals surface area contributed by atoms with Crippen LogP contribution in [0.3, 0.4) is 0 Å². The highest BCUT2D eigenvalue weighted by Gasteiger charge is 2.20. The molecule has 9 aromatic carbocycles. The van der Waals surface area contributed by atoms with Crippen molar-refractivity contribution in [2.24, 2.45) is 0 Å². The number of benzene rings is 9. The van der Waals surface area contributed by atoms with Gasteiger partial charge in [-0.2, -0.15) is 0 Å². The largest absolute Gasteiger partial charge is 0.309 e. The van der Waals surface area contributed by atoms with Crippen molar-refractivity contribution < 1.29 is 0 Å². The normalized spacial score (nSPS) is 11.6. The minimum absolute atomic E-state index is 0.623. The Balaban J connectivity index is 1.18. The standard InChI is InChI=1S/C51H32N4/c1-3-15-33(16-4-1)39-27-28-44(42-24-12-11-23-41(39)42)51-53-49(34-17-5-2-6-18-34)52-50(54-51)38-29-37-21-9-10-22-40(37)47(32-38)55-46-26-14-13-25-43(46)45-30-35-19-7-8-20-36(35)31-48(45)55/h1-32H. The van der Waals surface area contributed by atoms with Gasteiger partial charge in [-0.25, -0.2) is 15.0 Å². The molecule has 0 fully saturated rings. The van der Waals surface area contributed by atoms with Crippen molar-refractivity contribution in [1.82, 2.24) is 19.5 Å². The number of para-hydroxylation sites is 1. The summed E-state index contributed by atoms with van der Waals surface area (Å²) >= 11 is 0. The van der Waals surface area contributed by atoms with Crippen molar-refractivity contribution >= 4 is 54.1 Å². The molecule has 2 aromatic heterocycles. The maximum Gasteiger partial charge on any atom is 0.164 e. The van der Waals surface area contributed by atoms with Crippen LogP contribution in [0.4, 0.5) is 0 Å². The summed E-state index contributed by atoms with van der Waals surface area (Å²) in [4.78, 5) is 15.7. The lowest BCUT2D eigenvalue weighted by Crippen LogP contribution is -2.02. The zero-order valence-electron chi connectivity index (χ0n) is 29.8. The first-order chi connectivity index (χ1) is 27.3. The summed E-state index contributed by atoms with van der Waals surface area (Å²) in [7, 11) is 0. The molecule has 4 nitrogen and oxygen atoms in total. The van der Waals surface area contributed by atoms with Gasteiger partial charge in [0.25, 0.3) is 0 Å². The van der Waals surface area contributed by atoms with Crippen LogP contribution >= 0.6 is 0 Å². The molecule has 0 radical (unpaired) electrons. The summed E-state index contributed by atoms with van der Waals surface area (Å²) in [5, 5.41) is 9.40. The second-order valence-electron chi connectivity index (χ2n) is 14.0. The van der Waals surface area contributed by atoms with Crippen LogP contribution < -0.4 is 0 Å². The molecule has 0 unspecified atom stereocenters. The minimum Gasteiger partial charge on any atom is -0.309 e. The van der Waals surface area contributed by atoms with Gasteiger partial charge in [-0.3, -0.25) is 0 Å². The molecular weight excluding hydrogens is 669 g/mol. The van der Waals surface area contributed by atoms with Gasteiger partial charge >= 0.3 is 0 Å². The number of rotatable bonds is 5. The molecule has 0 aliphatic heterocycles. The van der Waals surface area contributed by atoms with Crippen LogP contribution in [0, 0.1) is 0 Å². The first-order valence-electron chi connectivity index (χ1n) is 18.6. The van der Waals surface area contributed by atoms with Gasteiger partial charge in [0.1, 0.15) is 0 Å². The van der Waals surface area contributed by atoms with Gasteiger partial charge in [-0.1, -0.05) is 158 Å². The van der Waals surface area contributed by atoms with E-state index in [1.54, 1.807) is 0 Å². The average Bonchev–Trinajstić information content (AvgIpc) is 3.58. The monoisotopic (exact) mass is 700 g/mol. The highest BCUT2D eigenvalue weighted by molar-refractivity contribution is 6.15. The van der Waals surface area contributed by atoms with Crippen LogP contribution in [-0.4, -0.2) is 19.5 Å². The van der Waals surface area contributed by atoms with Gasteiger partial charge in [-0.05, 0) is 74.5 Å². The molecule has 0 spiro atoms. The van der Waals surface area contributed by atoms with E-state index in [-0.39, 0.29) is 0 Å². The van der Waals surface area contributed by atoms with Gasteiger partial charge in [0.2, 0.25) is 0 Å². The Morgan fingerprint density at radius 3 is 1.56 bits per heavy atom. The summed E-state index contributed by atoms with van der Waals surface area (Å²) < 4.78 is 2.42. The third-order valence-corrected chi connectivity index (χ3v) is 10.8. The van der Waals surface area contributed by atoms with E-state index < -0.39 is 0 Å². The minimum atomic E-state index is 0.623. The highest BCUT2D eigenvalue weighted by Crippen LogP contribution is 2.40. The third-order valence-electron chi connectivity index (χ3n) is 10.8. The molecule has 55 heavy (non-hydrogen) atoms. The zero-order chi connectivity index (χ0) is 36.3. The maximum absolute atomic E-state index is 5.32. The van der Waals surface area contributed by atoms with Gasteiger partial charge in [-0.15, -0.1) is 0 Å². The molecule has 0 aliphatic carbocycles. The summed E-state index contributed by atoms with van der Waals surface area (Å²) in [6.45, 7) is 0. The zero-order valence-corrected chi connectivity index (χ0v) is 29.8. The predicted molar refractivity (Wildman–Crippen MR) is 228 cm³/mol.